The van der Waals surface area contributed by atoms with Gasteiger partial charge in [0.2, 0.25) is 5.91 Å². The SMILES string of the molecule is COc1cccc(C(CNC(=O)Cc2c(C)[nH]c3ccc(C)cc23)N2CCCC2)c1. The van der Waals surface area contributed by atoms with Crippen molar-refractivity contribution in [2.24, 2.45) is 0 Å². The second kappa shape index (κ2) is 8.92. The lowest BCUT2D eigenvalue weighted by molar-refractivity contribution is -0.120. The van der Waals surface area contributed by atoms with Crippen molar-refractivity contribution in [1.29, 1.82) is 0 Å². The van der Waals surface area contributed by atoms with Crippen LogP contribution in [0.2, 0.25) is 0 Å². The maximum absolute atomic E-state index is 12.9. The Kier molecular flexibility index (Phi) is 6.09. The molecule has 2 heterocycles. The van der Waals surface area contributed by atoms with Gasteiger partial charge in [-0.15, -0.1) is 0 Å². The average molecular weight is 406 g/mol. The number of hydrogen-bond acceptors (Lipinski definition) is 3. The van der Waals surface area contributed by atoms with Gasteiger partial charge in [0.1, 0.15) is 5.75 Å². The monoisotopic (exact) mass is 405 g/mol. The van der Waals surface area contributed by atoms with Gasteiger partial charge in [-0.25, -0.2) is 0 Å². The maximum atomic E-state index is 12.9. The fourth-order valence-corrected chi connectivity index (χ4v) is 4.52. The van der Waals surface area contributed by atoms with Crippen LogP contribution in [-0.2, 0) is 11.2 Å². The van der Waals surface area contributed by atoms with E-state index in [1.54, 1.807) is 7.11 Å². The molecule has 1 fully saturated rings. The number of amides is 1. The van der Waals surface area contributed by atoms with Gasteiger partial charge in [-0.3, -0.25) is 9.69 Å². The minimum atomic E-state index is 0.0626. The number of ether oxygens (including phenoxy) is 1. The molecule has 158 valence electrons. The van der Waals surface area contributed by atoms with E-state index in [0.29, 0.717) is 13.0 Å². The summed E-state index contributed by atoms with van der Waals surface area (Å²) in [5.74, 6) is 0.917. The molecule has 5 nitrogen and oxygen atoms in total. The Bertz CT molecular complexity index is 1030. The molecule has 1 saturated heterocycles. The Balaban J connectivity index is 1.49. The van der Waals surface area contributed by atoms with E-state index in [0.717, 1.165) is 41.0 Å². The zero-order chi connectivity index (χ0) is 21.1. The van der Waals surface area contributed by atoms with Gasteiger partial charge in [0.15, 0.2) is 0 Å². The summed E-state index contributed by atoms with van der Waals surface area (Å²) >= 11 is 0. The molecule has 1 unspecified atom stereocenters. The Hall–Kier alpha value is -2.79. The van der Waals surface area contributed by atoms with Crippen molar-refractivity contribution in [3.05, 3.63) is 64.8 Å². The Morgan fingerprint density at radius 2 is 1.97 bits per heavy atom. The number of hydrogen-bond donors (Lipinski definition) is 2. The molecule has 5 heteroatoms. The van der Waals surface area contributed by atoms with Crippen LogP contribution < -0.4 is 10.1 Å². The number of fused-ring (bicyclic) bond motifs is 1. The summed E-state index contributed by atoms with van der Waals surface area (Å²) in [5, 5.41) is 4.35. The number of aromatic nitrogens is 1. The van der Waals surface area contributed by atoms with Crippen LogP contribution in [0.4, 0.5) is 0 Å². The Labute approximate surface area is 178 Å². The van der Waals surface area contributed by atoms with Gasteiger partial charge in [0.25, 0.3) is 0 Å². The van der Waals surface area contributed by atoms with E-state index in [4.69, 9.17) is 4.74 Å². The van der Waals surface area contributed by atoms with Gasteiger partial charge >= 0.3 is 0 Å². The molecule has 1 atom stereocenters. The van der Waals surface area contributed by atoms with E-state index in [1.807, 2.05) is 19.1 Å². The third-order valence-corrected chi connectivity index (χ3v) is 6.16. The molecule has 3 aromatic rings. The minimum Gasteiger partial charge on any atom is -0.497 e. The molecule has 1 aliphatic rings. The van der Waals surface area contributed by atoms with E-state index in [9.17, 15) is 4.79 Å². The van der Waals surface area contributed by atoms with E-state index in [1.165, 1.54) is 24.0 Å². The van der Waals surface area contributed by atoms with Crippen LogP contribution in [0.15, 0.2) is 42.5 Å². The van der Waals surface area contributed by atoms with Crippen molar-refractivity contribution >= 4 is 16.8 Å². The van der Waals surface area contributed by atoms with Crippen molar-refractivity contribution in [3.63, 3.8) is 0 Å². The molecule has 0 radical (unpaired) electrons. The average Bonchev–Trinajstić information content (AvgIpc) is 3.37. The summed E-state index contributed by atoms with van der Waals surface area (Å²) in [7, 11) is 1.69. The Morgan fingerprint density at radius 3 is 2.73 bits per heavy atom. The predicted molar refractivity (Wildman–Crippen MR) is 121 cm³/mol. The second-order valence-corrected chi connectivity index (χ2v) is 8.29. The van der Waals surface area contributed by atoms with Crippen molar-refractivity contribution in [1.82, 2.24) is 15.2 Å². The molecule has 30 heavy (non-hydrogen) atoms. The molecule has 0 saturated carbocycles. The normalized spacial score (nSPS) is 15.4. The highest BCUT2D eigenvalue weighted by molar-refractivity contribution is 5.90. The standard InChI is InChI=1S/C25H31N3O2/c1-17-9-10-23-22(13-17)21(18(2)27-23)15-25(29)26-16-24(28-11-4-5-12-28)19-7-6-8-20(14-19)30-3/h6-10,13-14,24,27H,4-5,11-12,15-16H2,1-3H3,(H,26,29). The lowest BCUT2D eigenvalue weighted by atomic mass is 10.0. The van der Waals surface area contributed by atoms with E-state index >= 15 is 0 Å². The van der Waals surface area contributed by atoms with E-state index in [2.05, 4.69) is 52.5 Å². The first kappa shape index (κ1) is 20.5. The molecule has 1 amide bonds. The zero-order valence-corrected chi connectivity index (χ0v) is 18.1. The molecular formula is C25H31N3O2. The number of aryl methyl sites for hydroxylation is 2. The Morgan fingerprint density at radius 1 is 1.17 bits per heavy atom. The van der Waals surface area contributed by atoms with Crippen LogP contribution >= 0.6 is 0 Å². The molecule has 0 bridgehead atoms. The zero-order valence-electron chi connectivity index (χ0n) is 18.1. The van der Waals surface area contributed by atoms with Crippen molar-refractivity contribution in [3.8, 4) is 5.75 Å². The van der Waals surface area contributed by atoms with E-state index < -0.39 is 0 Å². The minimum absolute atomic E-state index is 0.0626. The summed E-state index contributed by atoms with van der Waals surface area (Å²) in [6.45, 7) is 6.87. The topological polar surface area (TPSA) is 57.4 Å². The van der Waals surface area contributed by atoms with Crippen LogP contribution in [0.1, 0.15) is 41.3 Å². The molecule has 2 aromatic carbocycles. The number of benzene rings is 2. The van der Waals surface area contributed by atoms with Crippen LogP contribution in [0.5, 0.6) is 5.75 Å². The summed E-state index contributed by atoms with van der Waals surface area (Å²) in [5.41, 5.74) is 5.64. The van der Waals surface area contributed by atoms with Gasteiger partial charge in [0.05, 0.1) is 19.6 Å². The van der Waals surface area contributed by atoms with Crippen molar-refractivity contribution in [2.75, 3.05) is 26.7 Å². The third-order valence-electron chi connectivity index (χ3n) is 6.16. The number of methoxy groups -OCH3 is 1. The quantitative estimate of drug-likeness (QED) is 0.617. The van der Waals surface area contributed by atoms with Gasteiger partial charge < -0.3 is 15.0 Å². The number of nitrogens with one attached hydrogen (secondary N) is 2. The largest absolute Gasteiger partial charge is 0.497 e. The highest BCUT2D eigenvalue weighted by Gasteiger charge is 2.24. The van der Waals surface area contributed by atoms with Crippen LogP contribution in [-0.4, -0.2) is 42.5 Å². The second-order valence-electron chi connectivity index (χ2n) is 8.29. The number of likely N-dealkylation sites (tertiary alicyclic amines) is 1. The lowest BCUT2D eigenvalue weighted by Crippen LogP contribution is -2.37. The molecule has 1 aliphatic heterocycles. The first-order valence-corrected chi connectivity index (χ1v) is 10.8. The van der Waals surface area contributed by atoms with Gasteiger partial charge in [-0.2, -0.15) is 0 Å². The number of nitrogens with zero attached hydrogens (tertiary/aromatic N) is 1. The number of aromatic amines is 1. The third kappa shape index (κ3) is 4.36. The van der Waals surface area contributed by atoms with Crippen LogP contribution in [0, 0.1) is 13.8 Å². The molecule has 1 aromatic heterocycles. The highest BCUT2D eigenvalue weighted by Crippen LogP contribution is 2.28. The number of rotatable bonds is 7. The van der Waals surface area contributed by atoms with Crippen molar-refractivity contribution in [2.45, 2.75) is 39.2 Å². The summed E-state index contributed by atoms with van der Waals surface area (Å²) in [4.78, 5) is 18.8. The molecular weight excluding hydrogens is 374 g/mol. The molecule has 4 rings (SSSR count). The van der Waals surface area contributed by atoms with Gasteiger partial charge in [0, 0.05) is 23.1 Å². The lowest BCUT2D eigenvalue weighted by Gasteiger charge is -2.28. The summed E-state index contributed by atoms with van der Waals surface area (Å²) in [6, 6.07) is 14.7. The fraction of sp³-hybridized carbons (Fsp3) is 0.400. The van der Waals surface area contributed by atoms with Gasteiger partial charge in [-0.1, -0.05) is 23.8 Å². The first-order valence-electron chi connectivity index (χ1n) is 10.8. The fourth-order valence-electron chi connectivity index (χ4n) is 4.52. The number of carbonyl (C=O) groups excluding carboxylic acids is 1. The van der Waals surface area contributed by atoms with Crippen LogP contribution in [0.25, 0.3) is 10.9 Å². The smallest absolute Gasteiger partial charge is 0.224 e. The summed E-state index contributed by atoms with van der Waals surface area (Å²) < 4.78 is 5.42. The van der Waals surface area contributed by atoms with Crippen molar-refractivity contribution < 1.29 is 9.53 Å². The summed E-state index contributed by atoms with van der Waals surface area (Å²) in [6.07, 6.45) is 2.81. The first-order chi connectivity index (χ1) is 14.5. The molecule has 0 spiro atoms. The van der Waals surface area contributed by atoms with E-state index in [-0.39, 0.29) is 11.9 Å². The number of H-pyrrole nitrogens is 1. The maximum Gasteiger partial charge on any atom is 0.224 e. The van der Waals surface area contributed by atoms with Crippen LogP contribution in [0.3, 0.4) is 0 Å². The number of carbonyl (C=O) groups is 1. The predicted octanol–water partition coefficient (Wildman–Crippen LogP) is 4.29. The van der Waals surface area contributed by atoms with Gasteiger partial charge in [-0.05, 0) is 75.2 Å². The molecule has 2 N–H and O–H groups in total. The molecule has 0 aliphatic carbocycles. The highest BCUT2D eigenvalue weighted by atomic mass is 16.5.